The minimum Gasteiger partial charge on any atom is -0.350 e. The Morgan fingerprint density at radius 3 is 2.72 bits per heavy atom. The number of benzene rings is 2. The number of rotatable bonds is 7. The van der Waals surface area contributed by atoms with Gasteiger partial charge in [0.05, 0.1) is 10.6 Å². The summed E-state index contributed by atoms with van der Waals surface area (Å²) >= 11 is 0. The first-order chi connectivity index (χ1) is 13.8. The molecular weight excluding hydrogens is 393 g/mol. The van der Waals surface area contributed by atoms with Gasteiger partial charge in [0, 0.05) is 18.2 Å². The van der Waals surface area contributed by atoms with E-state index >= 15 is 0 Å². The number of nitrogens with zero attached hydrogens (tertiary/aromatic N) is 1. The summed E-state index contributed by atoms with van der Waals surface area (Å²) in [5.41, 5.74) is 0.827. The molecule has 0 saturated carbocycles. The van der Waals surface area contributed by atoms with Crippen LogP contribution in [0.3, 0.4) is 0 Å². The molecule has 156 valence electrons. The first-order valence-corrected chi connectivity index (χ1v) is 11.2. The third-order valence-corrected chi connectivity index (χ3v) is 6.65. The van der Waals surface area contributed by atoms with Crippen molar-refractivity contribution in [3.63, 3.8) is 0 Å². The predicted molar refractivity (Wildman–Crippen MR) is 111 cm³/mol. The van der Waals surface area contributed by atoms with Gasteiger partial charge < -0.3 is 5.32 Å². The maximum atomic E-state index is 13.8. The molecule has 0 radical (unpaired) electrons. The number of likely N-dealkylation sites (tertiary alicyclic amines) is 1. The SMILES string of the molecule is CCN1CCCC1CNC(=O)c1cc(S(=O)(=O)Nc2ccccc2F)ccc1C. The Kier molecular flexibility index (Phi) is 6.54. The number of hydrogen-bond donors (Lipinski definition) is 2. The zero-order valence-electron chi connectivity index (χ0n) is 16.6. The normalized spacial score (nSPS) is 17.3. The second kappa shape index (κ2) is 8.92. The van der Waals surface area contributed by atoms with Gasteiger partial charge in [-0.05, 0) is 62.7 Å². The average molecular weight is 420 g/mol. The quantitative estimate of drug-likeness (QED) is 0.723. The number of carbonyl (C=O) groups is 1. The van der Waals surface area contributed by atoms with Crippen molar-refractivity contribution in [2.75, 3.05) is 24.4 Å². The highest BCUT2D eigenvalue weighted by Gasteiger charge is 2.24. The molecule has 2 aromatic rings. The van der Waals surface area contributed by atoms with E-state index < -0.39 is 15.8 Å². The molecule has 8 heteroatoms. The molecule has 1 saturated heterocycles. The minimum atomic E-state index is -4.03. The summed E-state index contributed by atoms with van der Waals surface area (Å²) in [6.07, 6.45) is 2.15. The summed E-state index contributed by atoms with van der Waals surface area (Å²) in [6, 6.07) is 10.2. The number of carbonyl (C=O) groups excluding carboxylic acids is 1. The summed E-state index contributed by atoms with van der Waals surface area (Å²) in [5.74, 6) is -0.980. The molecule has 0 spiro atoms. The van der Waals surface area contributed by atoms with Gasteiger partial charge >= 0.3 is 0 Å². The number of anilines is 1. The van der Waals surface area contributed by atoms with Gasteiger partial charge in [0.15, 0.2) is 0 Å². The highest BCUT2D eigenvalue weighted by Crippen LogP contribution is 2.21. The maximum absolute atomic E-state index is 13.8. The Balaban J connectivity index is 1.76. The van der Waals surface area contributed by atoms with Crippen LogP contribution in [0.1, 0.15) is 35.7 Å². The van der Waals surface area contributed by atoms with Gasteiger partial charge in [-0.2, -0.15) is 0 Å². The first kappa shape index (κ1) is 21.3. The lowest BCUT2D eigenvalue weighted by Crippen LogP contribution is -2.40. The average Bonchev–Trinajstić information content (AvgIpc) is 3.15. The molecule has 1 aliphatic rings. The fraction of sp³-hybridized carbons (Fsp3) is 0.381. The Bertz CT molecular complexity index is 994. The number of halogens is 1. The molecule has 3 rings (SSSR count). The fourth-order valence-corrected chi connectivity index (χ4v) is 4.70. The minimum absolute atomic E-state index is 0.0902. The van der Waals surface area contributed by atoms with E-state index in [1.807, 2.05) is 0 Å². The Hall–Kier alpha value is -2.45. The van der Waals surface area contributed by atoms with Crippen molar-refractivity contribution < 1.29 is 17.6 Å². The smallest absolute Gasteiger partial charge is 0.262 e. The third kappa shape index (κ3) is 4.94. The predicted octanol–water partition coefficient (Wildman–Crippen LogP) is 3.15. The molecule has 1 aliphatic heterocycles. The lowest BCUT2D eigenvalue weighted by Gasteiger charge is -2.23. The van der Waals surface area contributed by atoms with E-state index in [0.29, 0.717) is 23.7 Å². The van der Waals surface area contributed by atoms with Gasteiger partial charge in [0.25, 0.3) is 15.9 Å². The molecule has 1 heterocycles. The van der Waals surface area contributed by atoms with Crippen LogP contribution in [-0.4, -0.2) is 44.9 Å². The molecular formula is C21H26FN3O3S. The standard InChI is InChI=1S/C21H26FN3O3S/c1-3-25-12-6-7-16(25)14-23-21(26)18-13-17(11-10-15(18)2)29(27,28)24-20-9-5-4-8-19(20)22/h4-5,8-11,13,16,24H,3,6-7,12,14H2,1-2H3,(H,23,26). The van der Waals surface area contributed by atoms with Gasteiger partial charge in [-0.3, -0.25) is 14.4 Å². The van der Waals surface area contributed by atoms with Gasteiger partial charge in [-0.25, -0.2) is 12.8 Å². The maximum Gasteiger partial charge on any atom is 0.262 e. The number of hydrogen-bond acceptors (Lipinski definition) is 4. The zero-order chi connectivity index (χ0) is 21.0. The van der Waals surface area contributed by atoms with E-state index in [2.05, 4.69) is 21.9 Å². The van der Waals surface area contributed by atoms with Crippen LogP contribution in [0.2, 0.25) is 0 Å². The number of para-hydroxylation sites is 1. The number of nitrogens with one attached hydrogen (secondary N) is 2. The van der Waals surface area contributed by atoms with Crippen molar-refractivity contribution in [2.45, 2.75) is 37.6 Å². The van der Waals surface area contributed by atoms with Crippen LogP contribution in [0.5, 0.6) is 0 Å². The van der Waals surface area contributed by atoms with Crippen LogP contribution in [0.25, 0.3) is 0 Å². The molecule has 6 nitrogen and oxygen atoms in total. The lowest BCUT2D eigenvalue weighted by molar-refractivity contribution is 0.0940. The van der Waals surface area contributed by atoms with E-state index in [4.69, 9.17) is 0 Å². The fourth-order valence-electron chi connectivity index (χ4n) is 3.61. The van der Waals surface area contributed by atoms with Gasteiger partial charge in [0.1, 0.15) is 5.82 Å². The van der Waals surface area contributed by atoms with Gasteiger partial charge in [-0.15, -0.1) is 0 Å². The lowest BCUT2D eigenvalue weighted by atomic mass is 10.1. The van der Waals surface area contributed by atoms with Gasteiger partial charge in [-0.1, -0.05) is 25.1 Å². The summed E-state index contributed by atoms with van der Waals surface area (Å²) < 4.78 is 41.4. The molecule has 1 atom stereocenters. The Morgan fingerprint density at radius 1 is 1.24 bits per heavy atom. The highest BCUT2D eigenvalue weighted by atomic mass is 32.2. The summed E-state index contributed by atoms with van der Waals surface area (Å²) in [6.45, 7) is 6.35. The Morgan fingerprint density at radius 2 is 2.00 bits per heavy atom. The van der Waals surface area contributed by atoms with Crippen molar-refractivity contribution in [3.05, 3.63) is 59.4 Å². The molecule has 1 fully saturated rings. The molecule has 2 N–H and O–H groups in total. The summed E-state index contributed by atoms with van der Waals surface area (Å²) in [5, 5.41) is 2.93. The topological polar surface area (TPSA) is 78.5 Å². The van der Waals surface area contributed by atoms with E-state index in [9.17, 15) is 17.6 Å². The van der Waals surface area contributed by atoms with Crippen molar-refractivity contribution in [2.24, 2.45) is 0 Å². The highest BCUT2D eigenvalue weighted by molar-refractivity contribution is 7.92. The van der Waals surface area contributed by atoms with Crippen LogP contribution in [0.15, 0.2) is 47.4 Å². The van der Waals surface area contributed by atoms with Crippen molar-refractivity contribution >= 4 is 21.6 Å². The van der Waals surface area contributed by atoms with Crippen LogP contribution in [0, 0.1) is 12.7 Å². The van der Waals surface area contributed by atoms with E-state index in [-0.39, 0.29) is 16.5 Å². The van der Waals surface area contributed by atoms with Crippen molar-refractivity contribution in [1.29, 1.82) is 0 Å². The van der Waals surface area contributed by atoms with Crippen molar-refractivity contribution in [3.8, 4) is 0 Å². The van der Waals surface area contributed by atoms with Crippen LogP contribution in [0.4, 0.5) is 10.1 Å². The molecule has 0 bridgehead atoms. The van der Waals surface area contributed by atoms with Crippen LogP contribution >= 0.6 is 0 Å². The molecule has 0 aliphatic carbocycles. The monoisotopic (exact) mass is 419 g/mol. The number of sulfonamides is 1. The first-order valence-electron chi connectivity index (χ1n) is 9.72. The van der Waals surface area contributed by atoms with E-state index in [0.717, 1.165) is 25.9 Å². The van der Waals surface area contributed by atoms with Gasteiger partial charge in [0.2, 0.25) is 0 Å². The molecule has 29 heavy (non-hydrogen) atoms. The molecule has 1 unspecified atom stereocenters. The van der Waals surface area contributed by atoms with Crippen molar-refractivity contribution in [1.82, 2.24) is 10.2 Å². The summed E-state index contributed by atoms with van der Waals surface area (Å²) in [7, 11) is -4.03. The zero-order valence-corrected chi connectivity index (χ0v) is 17.4. The second-order valence-corrected chi connectivity index (χ2v) is 8.88. The number of amides is 1. The third-order valence-electron chi connectivity index (χ3n) is 5.29. The van der Waals surface area contributed by atoms with Crippen LogP contribution < -0.4 is 10.0 Å². The largest absolute Gasteiger partial charge is 0.350 e. The second-order valence-electron chi connectivity index (χ2n) is 7.20. The summed E-state index contributed by atoms with van der Waals surface area (Å²) in [4.78, 5) is 14.9. The Labute approximate surface area is 171 Å². The molecule has 1 amide bonds. The number of likely N-dealkylation sites (N-methyl/N-ethyl adjacent to an activating group) is 1. The van der Waals surface area contributed by atoms with E-state index in [1.54, 1.807) is 13.0 Å². The number of aryl methyl sites for hydroxylation is 1. The van der Waals surface area contributed by atoms with Crippen LogP contribution in [-0.2, 0) is 10.0 Å². The molecule has 2 aromatic carbocycles. The molecule has 0 aromatic heterocycles. The van der Waals surface area contributed by atoms with E-state index in [1.165, 1.54) is 36.4 Å².